The number of hydrogen-bond donors (Lipinski definition) is 4. The van der Waals surface area contributed by atoms with Gasteiger partial charge in [0, 0.05) is 22.5 Å². The van der Waals surface area contributed by atoms with Crippen LogP contribution in [0.5, 0.6) is 0 Å². The fraction of sp³-hybridized carbons (Fsp3) is 0. The third kappa shape index (κ3) is 3.30. The van der Waals surface area contributed by atoms with Crippen LogP contribution in [0, 0.1) is 5.41 Å². The minimum atomic E-state index is -3.85. The normalized spacial score (nSPS) is 11.0. The molecule has 0 bridgehead atoms. The first-order valence-corrected chi connectivity index (χ1v) is 7.69. The zero-order chi connectivity index (χ0) is 16.3. The molecule has 6 N–H and O–H groups in total. The molecule has 2 aromatic carbocycles. The first kappa shape index (κ1) is 15.7. The molecule has 1 amide bonds. The van der Waals surface area contributed by atoms with E-state index in [1.807, 2.05) is 0 Å². The highest BCUT2D eigenvalue weighted by Gasteiger charge is 2.13. The van der Waals surface area contributed by atoms with Gasteiger partial charge in [0.05, 0.1) is 10.6 Å². The van der Waals surface area contributed by atoms with Crippen molar-refractivity contribution in [2.45, 2.75) is 4.90 Å². The van der Waals surface area contributed by atoms with Gasteiger partial charge in [-0.1, -0.05) is 12.1 Å². The Labute approximate surface area is 127 Å². The maximum Gasteiger partial charge on any atom is 0.238 e. The number of carbonyl (C=O) groups excluding carboxylic acids is 1. The van der Waals surface area contributed by atoms with Crippen LogP contribution in [0.15, 0.2) is 47.4 Å². The molecule has 0 saturated heterocycles. The fourth-order valence-electron chi connectivity index (χ4n) is 1.91. The molecular weight excluding hydrogens is 304 g/mol. The van der Waals surface area contributed by atoms with Crippen molar-refractivity contribution in [2.75, 3.05) is 11.1 Å². The number of nitrogens with one attached hydrogen (secondary N) is 2. The summed E-state index contributed by atoms with van der Waals surface area (Å²) in [6, 6.07) is 10.4. The number of sulfonamides is 1. The Morgan fingerprint density at radius 2 is 1.91 bits per heavy atom. The summed E-state index contributed by atoms with van der Waals surface area (Å²) in [6.45, 7) is 0. The predicted molar refractivity (Wildman–Crippen MR) is 84.3 cm³/mol. The molecule has 7 nitrogen and oxygen atoms in total. The van der Waals surface area contributed by atoms with Crippen molar-refractivity contribution in [2.24, 2.45) is 5.14 Å². The molecule has 22 heavy (non-hydrogen) atoms. The highest BCUT2D eigenvalue weighted by Crippen LogP contribution is 2.22. The second-order valence-corrected chi connectivity index (χ2v) is 6.07. The smallest absolute Gasteiger partial charge is 0.238 e. The lowest BCUT2D eigenvalue weighted by Crippen LogP contribution is -2.13. The summed E-state index contributed by atoms with van der Waals surface area (Å²) in [4.78, 5) is 10.4. The molecule has 8 heteroatoms. The number of nitrogen functional groups attached to an aromatic ring is 1. The molecule has 0 atom stereocenters. The highest BCUT2D eigenvalue weighted by molar-refractivity contribution is 7.89. The Hall–Kier alpha value is -2.71. The van der Waals surface area contributed by atoms with Crippen LogP contribution in [-0.4, -0.2) is 20.5 Å². The molecule has 2 rings (SSSR count). The summed E-state index contributed by atoms with van der Waals surface area (Å²) in [5.74, 6) is 0. The van der Waals surface area contributed by atoms with E-state index >= 15 is 0 Å². The molecule has 0 aromatic heterocycles. The second kappa shape index (κ2) is 5.96. The van der Waals surface area contributed by atoms with Crippen LogP contribution in [0.25, 0.3) is 0 Å². The number of anilines is 2. The van der Waals surface area contributed by atoms with Crippen LogP contribution < -0.4 is 16.2 Å². The Bertz CT molecular complexity index is 847. The molecule has 0 heterocycles. The molecular formula is C14H14N4O3S. The summed E-state index contributed by atoms with van der Waals surface area (Å²) >= 11 is 0. The number of rotatable bonds is 5. The Morgan fingerprint density at radius 3 is 2.55 bits per heavy atom. The van der Waals surface area contributed by atoms with Crippen LogP contribution in [0.2, 0.25) is 0 Å². The van der Waals surface area contributed by atoms with E-state index in [4.69, 9.17) is 16.3 Å². The van der Waals surface area contributed by atoms with Gasteiger partial charge in [-0.25, -0.2) is 13.6 Å². The van der Waals surface area contributed by atoms with Crippen LogP contribution in [0.3, 0.4) is 0 Å². The van der Waals surface area contributed by atoms with Crippen LogP contribution >= 0.6 is 0 Å². The Kier molecular flexibility index (Phi) is 4.25. The van der Waals surface area contributed by atoms with Crippen LogP contribution in [0.1, 0.15) is 11.1 Å². The van der Waals surface area contributed by atoms with Gasteiger partial charge in [0.25, 0.3) is 0 Å². The van der Waals surface area contributed by atoms with Crippen molar-refractivity contribution in [3.8, 4) is 0 Å². The van der Waals surface area contributed by atoms with Crippen LogP contribution in [0.4, 0.5) is 11.4 Å². The van der Waals surface area contributed by atoms with Gasteiger partial charge < -0.3 is 11.1 Å². The lowest BCUT2D eigenvalue weighted by atomic mass is 10.0. The van der Waals surface area contributed by atoms with Gasteiger partial charge in [-0.05, 0) is 30.3 Å². The van der Waals surface area contributed by atoms with Gasteiger partial charge >= 0.3 is 0 Å². The summed E-state index contributed by atoms with van der Waals surface area (Å²) < 4.78 is 22.8. The van der Waals surface area contributed by atoms with Crippen molar-refractivity contribution >= 4 is 33.5 Å². The van der Waals surface area contributed by atoms with E-state index in [1.54, 1.807) is 18.2 Å². The standard InChI is InChI=1S/C14H14N4O3S/c15-13-5-4-10(18-8-19)7-12(13)14(16)9-2-1-3-11(6-9)22(17,20)21/h1-8,16H,15H2,(H,18,19)(H2,17,20,21). The van der Waals surface area contributed by atoms with E-state index in [1.165, 1.54) is 24.3 Å². The third-order valence-electron chi connectivity index (χ3n) is 3.00. The molecule has 0 fully saturated rings. The molecule has 0 saturated carbocycles. The summed E-state index contributed by atoms with van der Waals surface area (Å²) in [7, 11) is -3.85. The Balaban J connectivity index is 2.48. The first-order valence-electron chi connectivity index (χ1n) is 6.15. The number of nitrogens with two attached hydrogens (primary N) is 2. The molecule has 114 valence electrons. The SMILES string of the molecule is N=C(c1cccc(S(N)(=O)=O)c1)c1cc(NC=O)ccc1N. The van der Waals surface area contributed by atoms with E-state index in [0.29, 0.717) is 28.9 Å². The molecule has 0 aliphatic heterocycles. The van der Waals surface area contributed by atoms with Gasteiger partial charge in [-0.15, -0.1) is 0 Å². The quantitative estimate of drug-likeness (QED) is 0.369. The van der Waals surface area contributed by atoms with Crippen molar-refractivity contribution in [3.63, 3.8) is 0 Å². The van der Waals surface area contributed by atoms with E-state index in [9.17, 15) is 13.2 Å². The van der Waals surface area contributed by atoms with E-state index in [0.717, 1.165) is 0 Å². The monoisotopic (exact) mass is 318 g/mol. The molecule has 2 aromatic rings. The maximum atomic E-state index is 11.4. The lowest BCUT2D eigenvalue weighted by Gasteiger charge is -2.10. The molecule has 0 aliphatic rings. The van der Waals surface area contributed by atoms with E-state index < -0.39 is 10.0 Å². The maximum absolute atomic E-state index is 11.4. The summed E-state index contributed by atoms with van der Waals surface area (Å²) in [6.07, 6.45) is 0.514. The highest BCUT2D eigenvalue weighted by atomic mass is 32.2. The van der Waals surface area contributed by atoms with Gasteiger partial charge in [-0.2, -0.15) is 0 Å². The predicted octanol–water partition coefficient (Wildman–Crippen LogP) is 0.901. The third-order valence-corrected chi connectivity index (χ3v) is 3.91. The summed E-state index contributed by atoms with van der Waals surface area (Å²) in [5, 5.41) is 15.8. The average Bonchev–Trinajstić information content (AvgIpc) is 2.48. The second-order valence-electron chi connectivity index (χ2n) is 4.51. The Morgan fingerprint density at radius 1 is 1.18 bits per heavy atom. The zero-order valence-electron chi connectivity index (χ0n) is 11.4. The fourth-order valence-corrected chi connectivity index (χ4v) is 2.47. The molecule has 0 spiro atoms. The lowest BCUT2D eigenvalue weighted by molar-refractivity contribution is -0.105. The van der Waals surface area contributed by atoms with Crippen molar-refractivity contribution in [1.82, 2.24) is 0 Å². The van der Waals surface area contributed by atoms with Gasteiger partial charge in [-0.3, -0.25) is 10.2 Å². The minimum Gasteiger partial charge on any atom is -0.398 e. The van der Waals surface area contributed by atoms with E-state index in [2.05, 4.69) is 5.32 Å². The zero-order valence-corrected chi connectivity index (χ0v) is 12.2. The number of primary sulfonamides is 1. The minimum absolute atomic E-state index is 0.0255. The van der Waals surface area contributed by atoms with Crippen LogP contribution in [-0.2, 0) is 14.8 Å². The number of benzene rings is 2. The molecule has 0 radical (unpaired) electrons. The molecule has 0 aliphatic carbocycles. The van der Waals surface area contributed by atoms with E-state index in [-0.39, 0.29) is 10.6 Å². The average molecular weight is 318 g/mol. The van der Waals surface area contributed by atoms with Gasteiger partial charge in [0.2, 0.25) is 16.4 Å². The first-order chi connectivity index (χ1) is 10.3. The van der Waals surface area contributed by atoms with Gasteiger partial charge in [0.15, 0.2) is 0 Å². The number of hydrogen-bond acceptors (Lipinski definition) is 5. The van der Waals surface area contributed by atoms with Crippen molar-refractivity contribution in [1.29, 1.82) is 5.41 Å². The van der Waals surface area contributed by atoms with Crippen molar-refractivity contribution < 1.29 is 13.2 Å². The van der Waals surface area contributed by atoms with Crippen molar-refractivity contribution in [3.05, 3.63) is 53.6 Å². The van der Waals surface area contributed by atoms with Gasteiger partial charge in [0.1, 0.15) is 0 Å². The molecule has 0 unspecified atom stereocenters. The summed E-state index contributed by atoms with van der Waals surface area (Å²) in [5.41, 5.74) is 7.41. The number of amides is 1. The number of carbonyl (C=O) groups is 1. The topological polar surface area (TPSA) is 139 Å². The largest absolute Gasteiger partial charge is 0.398 e.